The molecule has 0 fully saturated rings. The summed E-state index contributed by atoms with van der Waals surface area (Å²) in [4.78, 5) is 0. The summed E-state index contributed by atoms with van der Waals surface area (Å²) in [5, 5.41) is 11.5. The first-order chi connectivity index (χ1) is 8.69. The highest BCUT2D eigenvalue weighted by molar-refractivity contribution is 9.10. The Morgan fingerprint density at radius 1 is 1.44 bits per heavy atom. The molecule has 0 unspecified atom stereocenters. The predicted octanol–water partition coefficient (Wildman–Crippen LogP) is 3.88. The van der Waals surface area contributed by atoms with Crippen LogP contribution in [0.5, 0.6) is 17.2 Å². The molecule has 3 nitrogen and oxygen atoms in total. The van der Waals surface area contributed by atoms with Crippen molar-refractivity contribution in [3.63, 3.8) is 0 Å². The van der Waals surface area contributed by atoms with Gasteiger partial charge in [-0.25, -0.2) is 0 Å². The van der Waals surface area contributed by atoms with Crippen LogP contribution in [0.3, 0.4) is 0 Å². The first-order valence-electron chi connectivity index (χ1n) is 5.41. The number of ether oxygens (including phenoxy) is 2. The quantitative estimate of drug-likeness (QED) is 0.871. The highest BCUT2D eigenvalue weighted by Gasteiger charge is 2.14. The summed E-state index contributed by atoms with van der Waals surface area (Å²) in [5.74, 6) is 1.43. The fourth-order valence-electron chi connectivity index (χ4n) is 1.83. The van der Waals surface area contributed by atoms with Crippen molar-refractivity contribution in [1.82, 2.24) is 0 Å². The van der Waals surface area contributed by atoms with Gasteiger partial charge in [0.15, 0.2) is 0 Å². The molecule has 0 spiro atoms. The third-order valence-corrected chi connectivity index (χ3v) is 3.16. The third-order valence-electron chi connectivity index (χ3n) is 2.57. The number of fused-ring (bicyclic) bond motifs is 1. The Morgan fingerprint density at radius 3 is 2.89 bits per heavy atom. The summed E-state index contributed by atoms with van der Waals surface area (Å²) in [6.07, 6.45) is 1.67. The Morgan fingerprint density at radius 2 is 2.22 bits per heavy atom. The fourth-order valence-corrected chi connectivity index (χ4v) is 2.37. The van der Waals surface area contributed by atoms with Crippen molar-refractivity contribution in [1.29, 1.82) is 0 Å². The lowest BCUT2D eigenvalue weighted by molar-refractivity contribution is 0.364. The van der Waals surface area contributed by atoms with E-state index in [0.29, 0.717) is 28.0 Å². The van der Waals surface area contributed by atoms with E-state index < -0.39 is 0 Å². The number of hydrogen-bond donors (Lipinski definition) is 1. The van der Waals surface area contributed by atoms with Crippen molar-refractivity contribution >= 4 is 26.7 Å². The second kappa shape index (κ2) is 5.31. The van der Waals surface area contributed by atoms with Crippen molar-refractivity contribution in [3.05, 3.63) is 41.4 Å². The van der Waals surface area contributed by atoms with Crippen LogP contribution in [0.4, 0.5) is 0 Å². The molecule has 2 rings (SSSR count). The van der Waals surface area contributed by atoms with E-state index in [9.17, 15) is 5.11 Å². The minimum atomic E-state index is 0.153. The maximum absolute atomic E-state index is 10.0. The molecule has 0 aliphatic heterocycles. The second-order valence-electron chi connectivity index (χ2n) is 3.69. The highest BCUT2D eigenvalue weighted by atomic mass is 79.9. The number of phenolic OH excluding ortho intramolecular Hbond substituents is 1. The van der Waals surface area contributed by atoms with E-state index in [1.807, 2.05) is 12.1 Å². The summed E-state index contributed by atoms with van der Waals surface area (Å²) in [6.45, 7) is 4.02. The Bertz CT molecular complexity index is 593. The van der Waals surface area contributed by atoms with Gasteiger partial charge in [-0.1, -0.05) is 24.8 Å². The van der Waals surface area contributed by atoms with Gasteiger partial charge in [0.25, 0.3) is 0 Å². The van der Waals surface area contributed by atoms with Gasteiger partial charge in [0.1, 0.15) is 23.9 Å². The first kappa shape index (κ1) is 12.8. The molecule has 2 aromatic carbocycles. The van der Waals surface area contributed by atoms with Gasteiger partial charge in [-0.05, 0) is 28.1 Å². The van der Waals surface area contributed by atoms with Crippen LogP contribution in [0.2, 0.25) is 0 Å². The zero-order chi connectivity index (χ0) is 13.1. The molecule has 0 bridgehead atoms. The SMILES string of the molecule is C=CCOc1c(Br)cc(O)c2c(OC)cccc12. The number of methoxy groups -OCH3 is 1. The van der Waals surface area contributed by atoms with Crippen LogP contribution in [-0.2, 0) is 0 Å². The van der Waals surface area contributed by atoms with Gasteiger partial charge in [-0.2, -0.15) is 0 Å². The largest absolute Gasteiger partial charge is 0.507 e. The van der Waals surface area contributed by atoms with Crippen molar-refractivity contribution in [2.45, 2.75) is 0 Å². The highest BCUT2D eigenvalue weighted by Crippen LogP contribution is 2.43. The van der Waals surface area contributed by atoms with Gasteiger partial charge in [0, 0.05) is 5.39 Å². The van der Waals surface area contributed by atoms with Crippen LogP contribution in [0.1, 0.15) is 0 Å². The maximum Gasteiger partial charge on any atom is 0.142 e. The lowest BCUT2D eigenvalue weighted by Gasteiger charge is -2.13. The lowest BCUT2D eigenvalue weighted by Crippen LogP contribution is -1.96. The molecule has 94 valence electrons. The standard InChI is InChI=1S/C14H13BrO3/c1-3-7-18-14-9-5-4-6-12(17-2)13(9)11(16)8-10(14)15/h3-6,8,16H,1,7H2,2H3. The molecule has 0 atom stereocenters. The molecule has 0 aromatic heterocycles. The van der Waals surface area contributed by atoms with Gasteiger partial charge in [-0.15, -0.1) is 0 Å². The average Bonchev–Trinajstić information content (AvgIpc) is 2.37. The second-order valence-corrected chi connectivity index (χ2v) is 4.54. The van der Waals surface area contributed by atoms with Crippen molar-refractivity contribution in [2.75, 3.05) is 13.7 Å². The van der Waals surface area contributed by atoms with Crippen LogP contribution in [-0.4, -0.2) is 18.8 Å². The zero-order valence-corrected chi connectivity index (χ0v) is 11.5. The number of rotatable bonds is 4. The molecule has 2 aromatic rings. The maximum atomic E-state index is 10.0. The van der Waals surface area contributed by atoms with Crippen LogP contribution in [0.15, 0.2) is 41.4 Å². The normalized spacial score (nSPS) is 10.3. The summed E-state index contributed by atoms with van der Waals surface area (Å²) in [7, 11) is 1.57. The first-order valence-corrected chi connectivity index (χ1v) is 6.20. The number of aromatic hydroxyl groups is 1. The van der Waals surface area contributed by atoms with E-state index in [-0.39, 0.29) is 5.75 Å². The number of phenols is 1. The fraction of sp³-hybridized carbons (Fsp3) is 0.143. The molecule has 0 saturated carbocycles. The molecular formula is C14H13BrO3. The summed E-state index contributed by atoms with van der Waals surface area (Å²) in [6, 6.07) is 7.13. The van der Waals surface area contributed by atoms with Crippen LogP contribution in [0.25, 0.3) is 10.8 Å². The molecular weight excluding hydrogens is 296 g/mol. The van der Waals surface area contributed by atoms with Crippen molar-refractivity contribution in [3.8, 4) is 17.2 Å². The minimum Gasteiger partial charge on any atom is -0.507 e. The Hall–Kier alpha value is -1.68. The molecule has 0 heterocycles. The Kier molecular flexibility index (Phi) is 3.77. The van der Waals surface area contributed by atoms with Gasteiger partial charge in [0.2, 0.25) is 0 Å². The van der Waals surface area contributed by atoms with E-state index in [1.54, 1.807) is 25.3 Å². The molecule has 1 N–H and O–H groups in total. The molecule has 18 heavy (non-hydrogen) atoms. The Balaban J connectivity index is 2.73. The molecule has 0 saturated heterocycles. The summed E-state index contributed by atoms with van der Waals surface area (Å²) >= 11 is 3.38. The smallest absolute Gasteiger partial charge is 0.142 e. The average molecular weight is 309 g/mol. The Labute approximate surface area is 114 Å². The number of benzene rings is 2. The number of halogens is 1. The molecule has 0 aliphatic rings. The van der Waals surface area contributed by atoms with Gasteiger partial charge in [-0.3, -0.25) is 0 Å². The van der Waals surface area contributed by atoms with Crippen LogP contribution in [0, 0.1) is 0 Å². The zero-order valence-electron chi connectivity index (χ0n) is 9.94. The molecule has 4 heteroatoms. The summed E-state index contributed by atoms with van der Waals surface area (Å²) in [5.41, 5.74) is 0. The predicted molar refractivity (Wildman–Crippen MR) is 75.6 cm³/mol. The van der Waals surface area contributed by atoms with Crippen molar-refractivity contribution in [2.24, 2.45) is 0 Å². The van der Waals surface area contributed by atoms with E-state index in [1.165, 1.54) is 0 Å². The molecule has 0 aliphatic carbocycles. The van der Waals surface area contributed by atoms with E-state index in [2.05, 4.69) is 22.5 Å². The van der Waals surface area contributed by atoms with E-state index in [4.69, 9.17) is 9.47 Å². The summed E-state index contributed by atoms with van der Waals surface area (Å²) < 4.78 is 11.6. The van der Waals surface area contributed by atoms with Crippen LogP contribution < -0.4 is 9.47 Å². The van der Waals surface area contributed by atoms with Gasteiger partial charge < -0.3 is 14.6 Å². The topological polar surface area (TPSA) is 38.7 Å². The van der Waals surface area contributed by atoms with Gasteiger partial charge in [0.05, 0.1) is 17.0 Å². The third kappa shape index (κ3) is 2.16. The van der Waals surface area contributed by atoms with Crippen LogP contribution >= 0.6 is 15.9 Å². The van der Waals surface area contributed by atoms with Crippen molar-refractivity contribution < 1.29 is 14.6 Å². The minimum absolute atomic E-state index is 0.153. The van der Waals surface area contributed by atoms with E-state index in [0.717, 1.165) is 5.39 Å². The monoisotopic (exact) mass is 308 g/mol. The molecule has 0 amide bonds. The van der Waals surface area contributed by atoms with Gasteiger partial charge >= 0.3 is 0 Å². The number of hydrogen-bond acceptors (Lipinski definition) is 3. The van der Waals surface area contributed by atoms with E-state index >= 15 is 0 Å². The molecule has 0 radical (unpaired) electrons. The lowest BCUT2D eigenvalue weighted by atomic mass is 10.1.